The Hall–Kier alpha value is -1.77. The molecule has 0 saturated heterocycles. The topological polar surface area (TPSA) is 55.1 Å². The van der Waals surface area contributed by atoms with Gasteiger partial charge in [0.25, 0.3) is 0 Å². The van der Waals surface area contributed by atoms with E-state index in [1.54, 1.807) is 0 Å². The molecule has 15 heavy (non-hydrogen) atoms. The molecule has 0 unspecified atom stereocenters. The van der Waals surface area contributed by atoms with Crippen LogP contribution in [0, 0.1) is 6.92 Å². The fourth-order valence-electron chi connectivity index (χ4n) is 1.23. The third-order valence-electron chi connectivity index (χ3n) is 2.01. The molecule has 0 fully saturated rings. The molecule has 0 saturated carbocycles. The summed E-state index contributed by atoms with van der Waals surface area (Å²) in [6.07, 6.45) is 3.80. The van der Waals surface area contributed by atoms with E-state index in [1.807, 2.05) is 37.3 Å². The largest absolute Gasteiger partial charge is 0.398 e. The third-order valence-corrected chi connectivity index (χ3v) is 2.01. The molecular formula is C12H16N2O. The standard InChI is InChI=1S/C12H16N2O/c1-9-5-6-12(13)11(8-9)4-3-7-14-10(2)15/h3-6,8H,7,13H2,1-2H3,(H,14,15). The van der Waals surface area contributed by atoms with Crippen molar-refractivity contribution >= 4 is 17.7 Å². The van der Waals surface area contributed by atoms with Crippen molar-refractivity contribution in [3.8, 4) is 0 Å². The normalized spacial score (nSPS) is 10.5. The molecule has 0 bridgehead atoms. The molecule has 80 valence electrons. The summed E-state index contributed by atoms with van der Waals surface area (Å²) in [5.74, 6) is -0.0307. The number of nitrogens with one attached hydrogen (secondary N) is 1. The molecule has 0 heterocycles. The van der Waals surface area contributed by atoms with Crippen molar-refractivity contribution in [2.75, 3.05) is 12.3 Å². The van der Waals surface area contributed by atoms with Gasteiger partial charge in [-0.05, 0) is 24.6 Å². The van der Waals surface area contributed by atoms with Gasteiger partial charge in [0.2, 0.25) is 5.91 Å². The Labute approximate surface area is 90.0 Å². The van der Waals surface area contributed by atoms with Crippen LogP contribution >= 0.6 is 0 Å². The van der Waals surface area contributed by atoms with Crippen LogP contribution < -0.4 is 11.1 Å². The minimum atomic E-state index is -0.0307. The molecule has 1 aromatic carbocycles. The SMILES string of the molecule is CC(=O)NCC=Cc1cc(C)ccc1N. The molecule has 3 heteroatoms. The number of nitrogens with two attached hydrogens (primary N) is 1. The molecular weight excluding hydrogens is 188 g/mol. The van der Waals surface area contributed by atoms with Gasteiger partial charge in [-0.1, -0.05) is 23.8 Å². The number of nitrogen functional groups attached to an aromatic ring is 1. The van der Waals surface area contributed by atoms with Gasteiger partial charge >= 0.3 is 0 Å². The molecule has 0 aliphatic rings. The molecule has 0 spiro atoms. The van der Waals surface area contributed by atoms with Gasteiger partial charge in [-0.2, -0.15) is 0 Å². The molecule has 1 rings (SSSR count). The summed E-state index contributed by atoms with van der Waals surface area (Å²) in [7, 11) is 0. The fraction of sp³-hybridized carbons (Fsp3) is 0.250. The summed E-state index contributed by atoms with van der Waals surface area (Å²) in [4.78, 5) is 10.6. The maximum Gasteiger partial charge on any atom is 0.217 e. The van der Waals surface area contributed by atoms with Gasteiger partial charge in [0.1, 0.15) is 0 Å². The lowest BCUT2D eigenvalue weighted by Crippen LogP contribution is -2.19. The van der Waals surface area contributed by atoms with Gasteiger partial charge in [-0.15, -0.1) is 0 Å². The Kier molecular flexibility index (Phi) is 3.92. The molecule has 0 aliphatic heterocycles. The number of rotatable bonds is 3. The number of amides is 1. The first-order valence-electron chi connectivity index (χ1n) is 4.86. The number of benzene rings is 1. The van der Waals surface area contributed by atoms with Crippen molar-refractivity contribution in [2.24, 2.45) is 0 Å². The van der Waals surface area contributed by atoms with E-state index in [0.29, 0.717) is 6.54 Å². The summed E-state index contributed by atoms with van der Waals surface area (Å²) in [6.45, 7) is 4.04. The Morgan fingerprint density at radius 3 is 2.93 bits per heavy atom. The number of hydrogen-bond donors (Lipinski definition) is 2. The lowest BCUT2D eigenvalue weighted by atomic mass is 10.1. The molecule has 0 aromatic heterocycles. The molecule has 3 N–H and O–H groups in total. The van der Waals surface area contributed by atoms with Crippen LogP contribution in [0.15, 0.2) is 24.3 Å². The second kappa shape index (κ2) is 5.20. The Balaban J connectivity index is 2.63. The Morgan fingerprint density at radius 2 is 2.27 bits per heavy atom. The highest BCUT2D eigenvalue weighted by Crippen LogP contribution is 2.14. The first-order chi connectivity index (χ1) is 7.09. The Bertz CT molecular complexity index is 383. The first kappa shape index (κ1) is 11.3. The van der Waals surface area contributed by atoms with E-state index >= 15 is 0 Å². The number of carbonyl (C=O) groups is 1. The summed E-state index contributed by atoms with van der Waals surface area (Å²) in [5.41, 5.74) is 8.70. The van der Waals surface area contributed by atoms with Crippen LogP contribution in [0.1, 0.15) is 18.1 Å². The number of hydrogen-bond acceptors (Lipinski definition) is 2. The van der Waals surface area contributed by atoms with E-state index in [2.05, 4.69) is 5.32 Å². The third kappa shape index (κ3) is 3.85. The van der Waals surface area contributed by atoms with Crippen LogP contribution in [0.4, 0.5) is 5.69 Å². The van der Waals surface area contributed by atoms with Crippen molar-refractivity contribution in [3.05, 3.63) is 35.4 Å². The zero-order valence-electron chi connectivity index (χ0n) is 9.08. The van der Waals surface area contributed by atoms with Gasteiger partial charge < -0.3 is 11.1 Å². The lowest BCUT2D eigenvalue weighted by Gasteiger charge is -2.01. The minimum absolute atomic E-state index is 0.0307. The van der Waals surface area contributed by atoms with Gasteiger partial charge in [0, 0.05) is 19.2 Å². The number of anilines is 1. The molecule has 1 amide bonds. The van der Waals surface area contributed by atoms with Crippen LogP contribution in [0.3, 0.4) is 0 Å². The number of aryl methyl sites for hydroxylation is 1. The number of carbonyl (C=O) groups excluding carboxylic acids is 1. The van der Waals surface area contributed by atoms with Gasteiger partial charge in [0.05, 0.1) is 0 Å². The van der Waals surface area contributed by atoms with E-state index in [4.69, 9.17) is 5.73 Å². The predicted molar refractivity (Wildman–Crippen MR) is 63.3 cm³/mol. The quantitative estimate of drug-likeness (QED) is 0.737. The second-order valence-electron chi connectivity index (χ2n) is 3.47. The van der Waals surface area contributed by atoms with Gasteiger partial charge in [0.15, 0.2) is 0 Å². The van der Waals surface area contributed by atoms with Crippen LogP contribution in [0.25, 0.3) is 6.08 Å². The fourth-order valence-corrected chi connectivity index (χ4v) is 1.23. The van der Waals surface area contributed by atoms with Crippen molar-refractivity contribution < 1.29 is 4.79 Å². The molecule has 1 aromatic rings. The van der Waals surface area contributed by atoms with Gasteiger partial charge in [-0.25, -0.2) is 0 Å². The zero-order valence-corrected chi connectivity index (χ0v) is 9.08. The van der Waals surface area contributed by atoms with E-state index in [-0.39, 0.29) is 5.91 Å². The maximum atomic E-state index is 10.6. The van der Waals surface area contributed by atoms with Crippen molar-refractivity contribution in [3.63, 3.8) is 0 Å². The predicted octanol–water partition coefficient (Wildman–Crippen LogP) is 1.73. The highest BCUT2D eigenvalue weighted by Gasteiger charge is 1.94. The second-order valence-corrected chi connectivity index (χ2v) is 3.47. The molecule has 0 aliphatic carbocycles. The van der Waals surface area contributed by atoms with E-state index in [0.717, 1.165) is 11.3 Å². The smallest absolute Gasteiger partial charge is 0.217 e. The van der Waals surface area contributed by atoms with E-state index < -0.39 is 0 Å². The Morgan fingerprint density at radius 1 is 1.53 bits per heavy atom. The van der Waals surface area contributed by atoms with Crippen LogP contribution in [0.2, 0.25) is 0 Å². The summed E-state index contributed by atoms with van der Waals surface area (Å²) >= 11 is 0. The zero-order chi connectivity index (χ0) is 11.3. The van der Waals surface area contributed by atoms with Crippen molar-refractivity contribution in [1.29, 1.82) is 0 Å². The monoisotopic (exact) mass is 204 g/mol. The summed E-state index contributed by atoms with van der Waals surface area (Å²) < 4.78 is 0. The minimum Gasteiger partial charge on any atom is -0.398 e. The van der Waals surface area contributed by atoms with Crippen molar-refractivity contribution in [2.45, 2.75) is 13.8 Å². The molecule has 0 radical (unpaired) electrons. The van der Waals surface area contributed by atoms with Crippen LogP contribution in [-0.2, 0) is 4.79 Å². The highest BCUT2D eigenvalue weighted by molar-refractivity contribution is 5.73. The summed E-state index contributed by atoms with van der Waals surface area (Å²) in [6, 6.07) is 5.87. The van der Waals surface area contributed by atoms with Crippen LogP contribution in [0.5, 0.6) is 0 Å². The first-order valence-corrected chi connectivity index (χ1v) is 4.86. The van der Waals surface area contributed by atoms with Crippen LogP contribution in [-0.4, -0.2) is 12.5 Å². The lowest BCUT2D eigenvalue weighted by molar-refractivity contribution is -0.118. The van der Waals surface area contributed by atoms with Crippen molar-refractivity contribution in [1.82, 2.24) is 5.32 Å². The van der Waals surface area contributed by atoms with E-state index in [9.17, 15) is 4.79 Å². The molecule has 0 atom stereocenters. The average molecular weight is 204 g/mol. The highest BCUT2D eigenvalue weighted by atomic mass is 16.1. The maximum absolute atomic E-state index is 10.6. The molecule has 3 nitrogen and oxygen atoms in total. The summed E-state index contributed by atoms with van der Waals surface area (Å²) in [5, 5.41) is 2.68. The van der Waals surface area contributed by atoms with Gasteiger partial charge in [-0.3, -0.25) is 4.79 Å². The van der Waals surface area contributed by atoms with E-state index in [1.165, 1.54) is 12.5 Å². The average Bonchev–Trinajstić information content (AvgIpc) is 2.17.